The summed E-state index contributed by atoms with van der Waals surface area (Å²) >= 11 is 0. The van der Waals surface area contributed by atoms with E-state index in [2.05, 4.69) is 66.5 Å². The van der Waals surface area contributed by atoms with E-state index in [1.165, 1.54) is 33.4 Å². The van der Waals surface area contributed by atoms with Crippen molar-refractivity contribution in [3.63, 3.8) is 0 Å². The molecule has 0 aliphatic rings. The van der Waals surface area contributed by atoms with Gasteiger partial charge in [-0.3, -0.25) is 4.98 Å². The fourth-order valence-corrected chi connectivity index (χ4v) is 4.58. The quantitative estimate of drug-likeness (QED) is 0.718. The molecule has 0 amide bonds. The zero-order valence-corrected chi connectivity index (χ0v) is 17.7. The van der Waals surface area contributed by atoms with Gasteiger partial charge in [0.05, 0.1) is 16.8 Å². The predicted molar refractivity (Wildman–Crippen MR) is 107 cm³/mol. The monoisotopic (exact) mass is 343 g/mol. The lowest BCUT2D eigenvalue weighted by atomic mass is 9.96. The molecule has 0 bridgehead atoms. The molecule has 0 atom stereocenters. The summed E-state index contributed by atoms with van der Waals surface area (Å²) in [7, 11) is 0.340. The third-order valence-corrected chi connectivity index (χ3v) is 8.05. The van der Waals surface area contributed by atoms with Gasteiger partial charge in [0.1, 0.15) is 0 Å². The molecule has 0 unspecified atom stereocenters. The number of aryl methyl sites for hydroxylation is 1. The Balaban J connectivity index is 2.92. The first-order valence-corrected chi connectivity index (χ1v) is 11.0. The second-order valence-corrected chi connectivity index (χ2v) is 10.8. The van der Waals surface area contributed by atoms with Crippen LogP contribution in [-0.2, 0) is 0 Å². The van der Waals surface area contributed by atoms with E-state index >= 15 is 0 Å². The Hall–Kier alpha value is -1.47. The smallest absolute Gasteiger partial charge is 0.0929 e. The average Bonchev–Trinajstić information content (AvgIpc) is 2.54. The van der Waals surface area contributed by atoms with E-state index in [1.54, 1.807) is 0 Å². The summed E-state index contributed by atoms with van der Waals surface area (Å²) in [5.41, 5.74) is 11.9. The molecule has 0 saturated carbocycles. The minimum Gasteiger partial charge on any atom is -0.301 e. The zero-order valence-electron chi connectivity index (χ0n) is 16.8. The summed E-state index contributed by atoms with van der Waals surface area (Å²) in [4.78, 5) is 10.0. The molecule has 0 radical (unpaired) electrons. The van der Waals surface area contributed by atoms with Crippen LogP contribution in [-0.4, -0.2) is 30.3 Å². The van der Waals surface area contributed by atoms with Crippen molar-refractivity contribution in [2.24, 2.45) is 4.74 Å². The minimum atomic E-state index is -1.57. The molecule has 0 N–H and O–H groups in total. The Kier molecular flexibility index (Phi) is 5.06. The van der Waals surface area contributed by atoms with Gasteiger partial charge in [-0.15, -0.1) is 0 Å². The number of hydrogen-bond donors (Lipinski definition) is 0. The molecule has 0 saturated heterocycles. The fourth-order valence-electron chi connectivity index (χ4n) is 3.05. The van der Waals surface area contributed by atoms with Gasteiger partial charge in [0.15, 0.2) is 0 Å². The molecule has 4 heteroatoms. The summed E-state index contributed by atoms with van der Waals surface area (Å²) in [6, 6.07) is 0. The lowest BCUT2D eigenvalue weighted by Crippen LogP contribution is -2.18. The first-order chi connectivity index (χ1) is 11.0. The van der Waals surface area contributed by atoms with Gasteiger partial charge in [0.25, 0.3) is 0 Å². The average molecular weight is 343 g/mol. The van der Waals surface area contributed by atoms with Gasteiger partial charge < -0.3 is 4.74 Å². The number of nitrogens with zero attached hydrogens (tertiary/aromatic N) is 3. The highest BCUT2D eigenvalue weighted by atomic mass is 31.2. The molecule has 130 valence electrons. The molecule has 2 rings (SSSR count). The van der Waals surface area contributed by atoms with Crippen LogP contribution in [0, 0.1) is 48.5 Å². The Morgan fingerprint density at radius 2 is 1.08 bits per heavy atom. The van der Waals surface area contributed by atoms with Gasteiger partial charge in [-0.25, -0.2) is 4.98 Å². The third-order valence-electron chi connectivity index (χ3n) is 5.58. The first kappa shape index (κ1) is 18.9. The van der Waals surface area contributed by atoms with Crippen molar-refractivity contribution >= 4 is 12.5 Å². The maximum absolute atomic E-state index is 5.11. The summed E-state index contributed by atoms with van der Waals surface area (Å²) in [6.07, 6.45) is 0. The Labute approximate surface area is 147 Å². The van der Waals surface area contributed by atoms with Crippen LogP contribution in [0.25, 0.3) is 11.4 Å². The van der Waals surface area contributed by atoms with Crippen LogP contribution < -0.4 is 5.44 Å². The molecule has 0 spiro atoms. The number of aromatic nitrogens is 2. The third kappa shape index (κ3) is 2.95. The fraction of sp³-hybridized carbons (Fsp3) is 0.500. The van der Waals surface area contributed by atoms with Gasteiger partial charge in [-0.1, -0.05) is 0 Å². The van der Waals surface area contributed by atoms with E-state index in [-0.39, 0.29) is 0 Å². The molecule has 2 heterocycles. The maximum Gasteiger partial charge on any atom is 0.0929 e. The topological polar surface area (TPSA) is 38.1 Å². The van der Waals surface area contributed by atoms with E-state index in [4.69, 9.17) is 9.97 Å². The molecule has 0 aliphatic heterocycles. The molecule has 0 fully saturated rings. The van der Waals surface area contributed by atoms with E-state index in [0.717, 1.165) is 22.5 Å². The second-order valence-electron chi connectivity index (χ2n) is 7.17. The maximum atomic E-state index is 5.11. The van der Waals surface area contributed by atoms with Crippen molar-refractivity contribution in [2.75, 3.05) is 20.4 Å². The van der Waals surface area contributed by atoms with Crippen LogP contribution in [0.15, 0.2) is 4.74 Å². The van der Waals surface area contributed by atoms with Crippen LogP contribution in [0.5, 0.6) is 0 Å². The molecule has 2 aromatic heterocycles. The first-order valence-electron chi connectivity index (χ1n) is 8.41. The lowest BCUT2D eigenvalue weighted by Gasteiger charge is -2.22. The van der Waals surface area contributed by atoms with Gasteiger partial charge in [0.2, 0.25) is 0 Å². The van der Waals surface area contributed by atoms with Crippen molar-refractivity contribution < 1.29 is 0 Å². The molecule has 2 aromatic rings. The van der Waals surface area contributed by atoms with E-state index < -0.39 is 7.05 Å². The molecule has 0 aromatic carbocycles. The van der Waals surface area contributed by atoms with Crippen molar-refractivity contribution in [2.45, 2.75) is 48.5 Å². The minimum absolute atomic E-state index is 1.02. The van der Waals surface area contributed by atoms with Gasteiger partial charge in [-0.2, -0.15) is 0 Å². The summed E-state index contributed by atoms with van der Waals surface area (Å²) in [6.45, 7) is 19.6. The number of hydrogen-bond acceptors (Lipinski definition) is 3. The van der Waals surface area contributed by atoms with Crippen molar-refractivity contribution in [3.05, 3.63) is 39.1 Å². The van der Waals surface area contributed by atoms with Crippen molar-refractivity contribution in [3.8, 4) is 11.4 Å². The molecular weight excluding hydrogens is 313 g/mol. The lowest BCUT2D eigenvalue weighted by molar-refractivity contribution is 1.07. The zero-order chi connectivity index (χ0) is 18.4. The van der Waals surface area contributed by atoms with Gasteiger partial charge in [-0.05, 0) is 95.2 Å². The summed E-state index contributed by atoms with van der Waals surface area (Å²) < 4.78 is 4.66. The van der Waals surface area contributed by atoms with E-state index in [9.17, 15) is 0 Å². The molecule has 0 aliphatic carbocycles. The Morgan fingerprint density at radius 1 is 0.625 bits per heavy atom. The van der Waals surface area contributed by atoms with Crippen molar-refractivity contribution in [1.82, 2.24) is 9.97 Å². The molecule has 3 nitrogen and oxygen atoms in total. The van der Waals surface area contributed by atoms with Crippen LogP contribution >= 0.6 is 7.05 Å². The van der Waals surface area contributed by atoms with Gasteiger partial charge >= 0.3 is 0 Å². The highest BCUT2D eigenvalue weighted by molar-refractivity contribution is 7.72. The van der Waals surface area contributed by atoms with Crippen LogP contribution in [0.2, 0.25) is 0 Å². The SMILES string of the molecule is CN=P(C)(C)c1nc(-c2nc(C)c(C)c(C)c2C)c(C)c(C)c1C. The second kappa shape index (κ2) is 6.44. The molecular formula is C20H30N3P. The summed E-state index contributed by atoms with van der Waals surface area (Å²) in [5, 5.41) is 0. The van der Waals surface area contributed by atoms with Gasteiger partial charge in [0, 0.05) is 19.8 Å². The van der Waals surface area contributed by atoms with E-state index in [0.29, 0.717) is 0 Å². The highest BCUT2D eigenvalue weighted by Gasteiger charge is 2.21. The van der Waals surface area contributed by atoms with Crippen LogP contribution in [0.4, 0.5) is 0 Å². The molecule has 24 heavy (non-hydrogen) atoms. The Bertz CT molecular complexity index is 873. The Morgan fingerprint density at radius 3 is 1.58 bits per heavy atom. The number of pyridine rings is 2. The van der Waals surface area contributed by atoms with Crippen LogP contribution in [0.1, 0.15) is 39.1 Å². The van der Waals surface area contributed by atoms with Crippen LogP contribution in [0.3, 0.4) is 0 Å². The predicted octanol–water partition coefficient (Wildman–Crippen LogP) is 5.02. The standard InChI is InChI=1S/C20H30N3P/c1-11-13(3)17(7)22-18(14(11)4)19-15(5)12(2)16(6)20(23-19)24(9,10)21-8/h1-10H3. The normalized spacial score (nSPS) is 11.8. The highest BCUT2D eigenvalue weighted by Crippen LogP contribution is 2.41. The summed E-state index contributed by atoms with van der Waals surface area (Å²) in [5.74, 6) is 0. The van der Waals surface area contributed by atoms with Crippen molar-refractivity contribution in [1.29, 1.82) is 0 Å². The largest absolute Gasteiger partial charge is 0.301 e. The van der Waals surface area contributed by atoms with E-state index in [1.807, 2.05) is 7.05 Å². The number of rotatable bonds is 2.